The van der Waals surface area contributed by atoms with Gasteiger partial charge in [0, 0.05) is 0 Å². The third-order valence-corrected chi connectivity index (χ3v) is 3.13. The largest absolute Gasteiger partial charge is 0.534 e. The van der Waals surface area contributed by atoms with Gasteiger partial charge >= 0.3 is 15.6 Å². The van der Waals surface area contributed by atoms with Gasteiger partial charge in [0.25, 0.3) is 0 Å². The molecule has 8 heteroatoms. The summed E-state index contributed by atoms with van der Waals surface area (Å²) >= 11 is 0. The molecule has 4 nitrogen and oxygen atoms in total. The second-order valence-corrected chi connectivity index (χ2v) is 4.80. The molecule has 0 aromatic heterocycles. The van der Waals surface area contributed by atoms with Crippen molar-refractivity contribution in [3.8, 4) is 0 Å². The van der Waals surface area contributed by atoms with Gasteiger partial charge < -0.3 is 8.92 Å². The van der Waals surface area contributed by atoms with Crippen LogP contribution < -0.4 is 0 Å². The number of alkyl halides is 3. The van der Waals surface area contributed by atoms with Crippen LogP contribution in [0.4, 0.5) is 13.2 Å². The van der Waals surface area contributed by atoms with E-state index in [-0.39, 0.29) is 11.9 Å². The van der Waals surface area contributed by atoms with Crippen LogP contribution in [0.5, 0.6) is 0 Å². The minimum absolute atomic E-state index is 0.187. The molecule has 0 N–H and O–H groups in total. The smallest absolute Gasteiger partial charge is 0.378 e. The summed E-state index contributed by atoms with van der Waals surface area (Å²) in [6.45, 7) is 0. The molecule has 0 aromatic carbocycles. The molecule has 0 unspecified atom stereocenters. The highest BCUT2D eigenvalue weighted by Crippen LogP contribution is 2.39. The Balaban J connectivity index is 2.12. The molecule has 1 aliphatic carbocycles. The van der Waals surface area contributed by atoms with Gasteiger partial charge in [-0.3, -0.25) is 0 Å². The van der Waals surface area contributed by atoms with Gasteiger partial charge in [-0.15, -0.1) is 0 Å². The lowest BCUT2D eigenvalue weighted by atomic mass is 10.1. The molecule has 15 heavy (non-hydrogen) atoms. The summed E-state index contributed by atoms with van der Waals surface area (Å²) < 4.78 is 66.0. The molecule has 1 fully saturated rings. The highest BCUT2D eigenvalue weighted by atomic mass is 32.2. The van der Waals surface area contributed by atoms with Gasteiger partial charge in [-0.2, -0.15) is 21.6 Å². The van der Waals surface area contributed by atoms with E-state index in [4.69, 9.17) is 4.74 Å². The SMILES string of the molecule is O=S(=O)(OC1=CCC[C@H]2O[C@@H]12)C(F)(F)F. The fourth-order valence-electron chi connectivity index (χ4n) is 1.37. The molecule has 2 atom stereocenters. The van der Waals surface area contributed by atoms with Crippen molar-refractivity contribution in [1.82, 2.24) is 0 Å². The van der Waals surface area contributed by atoms with Crippen molar-refractivity contribution < 1.29 is 30.5 Å². The van der Waals surface area contributed by atoms with Gasteiger partial charge in [-0.1, -0.05) is 0 Å². The minimum atomic E-state index is -5.55. The topological polar surface area (TPSA) is 55.9 Å². The molecule has 0 spiro atoms. The van der Waals surface area contributed by atoms with Gasteiger partial charge in [0.2, 0.25) is 0 Å². The van der Waals surface area contributed by atoms with Crippen molar-refractivity contribution in [2.24, 2.45) is 0 Å². The molecule has 2 rings (SSSR count). The standard InChI is InChI=1S/C7H7F3O4S/c8-7(9,10)15(11,12)14-5-3-1-2-4-6(5)13-4/h3-4,6H,1-2H2/t4-,6-/m1/s1. The molecular formula is C7H7F3O4S. The maximum Gasteiger partial charge on any atom is 0.534 e. The van der Waals surface area contributed by atoms with Crippen LogP contribution in [0, 0.1) is 0 Å². The van der Waals surface area contributed by atoms with Crippen LogP contribution in [-0.2, 0) is 19.0 Å². The Hall–Kier alpha value is -0.760. The zero-order valence-corrected chi connectivity index (χ0v) is 8.14. The van der Waals surface area contributed by atoms with E-state index in [1.807, 2.05) is 0 Å². The van der Waals surface area contributed by atoms with Crippen LogP contribution in [0.15, 0.2) is 11.8 Å². The van der Waals surface area contributed by atoms with E-state index in [9.17, 15) is 21.6 Å². The van der Waals surface area contributed by atoms with Gasteiger partial charge in [-0.25, -0.2) is 0 Å². The number of epoxide rings is 1. The summed E-state index contributed by atoms with van der Waals surface area (Å²) in [7, 11) is -5.55. The average molecular weight is 244 g/mol. The Labute approximate surface area is 83.8 Å². The first-order valence-corrected chi connectivity index (χ1v) is 5.58. The summed E-state index contributed by atoms with van der Waals surface area (Å²) in [6, 6.07) is 0. The first kappa shape index (κ1) is 10.7. The summed E-state index contributed by atoms with van der Waals surface area (Å²) in [6.07, 6.45) is 1.66. The van der Waals surface area contributed by atoms with E-state index < -0.39 is 21.7 Å². The molecule has 86 valence electrons. The fraction of sp³-hybridized carbons (Fsp3) is 0.714. The maximum absolute atomic E-state index is 11.9. The summed E-state index contributed by atoms with van der Waals surface area (Å²) in [5, 5.41) is 0. The van der Waals surface area contributed by atoms with Crippen molar-refractivity contribution in [3.05, 3.63) is 11.8 Å². The summed E-state index contributed by atoms with van der Waals surface area (Å²) in [5.74, 6) is -0.247. The Morgan fingerprint density at radius 1 is 1.47 bits per heavy atom. The van der Waals surface area contributed by atoms with Crippen LogP contribution in [0.25, 0.3) is 0 Å². The Bertz CT molecular complexity index is 397. The van der Waals surface area contributed by atoms with E-state index in [1.165, 1.54) is 6.08 Å². The van der Waals surface area contributed by atoms with E-state index in [0.717, 1.165) is 0 Å². The molecule has 0 radical (unpaired) electrons. The van der Waals surface area contributed by atoms with E-state index >= 15 is 0 Å². The maximum atomic E-state index is 11.9. The second-order valence-electron chi connectivity index (χ2n) is 3.26. The molecular weight excluding hydrogens is 237 g/mol. The van der Waals surface area contributed by atoms with Crippen molar-refractivity contribution in [2.75, 3.05) is 0 Å². The predicted octanol–water partition coefficient (Wildman–Crippen LogP) is 1.30. The molecule has 1 heterocycles. The number of hydrogen-bond donors (Lipinski definition) is 0. The van der Waals surface area contributed by atoms with Gasteiger partial charge in [-0.05, 0) is 18.9 Å². The van der Waals surface area contributed by atoms with Crippen LogP contribution in [0.1, 0.15) is 12.8 Å². The third kappa shape index (κ3) is 1.96. The van der Waals surface area contributed by atoms with Crippen LogP contribution in [0.3, 0.4) is 0 Å². The zero-order valence-electron chi connectivity index (χ0n) is 7.32. The Morgan fingerprint density at radius 2 is 2.13 bits per heavy atom. The van der Waals surface area contributed by atoms with Gasteiger partial charge in [0.05, 0.1) is 6.10 Å². The summed E-state index contributed by atoms with van der Waals surface area (Å²) in [4.78, 5) is 0. The number of ether oxygens (including phenoxy) is 1. The molecule has 0 aromatic rings. The van der Waals surface area contributed by atoms with E-state index in [0.29, 0.717) is 12.8 Å². The van der Waals surface area contributed by atoms with E-state index in [2.05, 4.69) is 4.18 Å². The molecule has 0 saturated carbocycles. The quantitative estimate of drug-likeness (QED) is 0.417. The fourth-order valence-corrected chi connectivity index (χ4v) is 1.88. The Morgan fingerprint density at radius 3 is 2.73 bits per heavy atom. The molecule has 1 aliphatic heterocycles. The van der Waals surface area contributed by atoms with Gasteiger partial charge in [0.15, 0.2) is 0 Å². The predicted molar refractivity (Wildman–Crippen MR) is 42.0 cm³/mol. The average Bonchev–Trinajstić information content (AvgIpc) is 2.80. The third-order valence-electron chi connectivity index (χ3n) is 2.15. The monoisotopic (exact) mass is 244 g/mol. The molecule has 1 saturated heterocycles. The van der Waals surface area contributed by atoms with E-state index in [1.54, 1.807) is 0 Å². The number of halogens is 3. The molecule has 2 aliphatic rings. The van der Waals surface area contributed by atoms with Crippen molar-refractivity contribution >= 4 is 10.1 Å². The lowest BCUT2D eigenvalue weighted by molar-refractivity contribution is -0.0524. The van der Waals surface area contributed by atoms with Crippen LogP contribution in [0.2, 0.25) is 0 Å². The summed E-state index contributed by atoms with van der Waals surface area (Å²) in [5.41, 5.74) is -5.39. The number of fused-ring (bicyclic) bond motifs is 1. The first-order valence-electron chi connectivity index (χ1n) is 4.17. The van der Waals surface area contributed by atoms with Crippen molar-refractivity contribution in [2.45, 2.75) is 30.6 Å². The lowest BCUT2D eigenvalue weighted by Crippen LogP contribution is -2.26. The highest BCUT2D eigenvalue weighted by molar-refractivity contribution is 7.87. The van der Waals surface area contributed by atoms with Crippen molar-refractivity contribution in [3.63, 3.8) is 0 Å². The van der Waals surface area contributed by atoms with Crippen LogP contribution in [-0.4, -0.2) is 26.1 Å². The van der Waals surface area contributed by atoms with Gasteiger partial charge in [0.1, 0.15) is 11.9 Å². The lowest BCUT2D eigenvalue weighted by Gasteiger charge is -2.12. The van der Waals surface area contributed by atoms with Crippen LogP contribution >= 0.6 is 0 Å². The molecule has 0 amide bonds. The normalized spacial score (nSPS) is 30.5. The number of allylic oxidation sites excluding steroid dienone is 1. The second kappa shape index (κ2) is 3.11. The molecule has 0 bridgehead atoms. The number of rotatable bonds is 2. The highest BCUT2D eigenvalue weighted by Gasteiger charge is 2.52. The number of hydrogen-bond acceptors (Lipinski definition) is 4. The minimum Gasteiger partial charge on any atom is -0.378 e. The Kier molecular flexibility index (Phi) is 2.23. The van der Waals surface area contributed by atoms with Crippen molar-refractivity contribution in [1.29, 1.82) is 0 Å². The zero-order chi connectivity index (χ0) is 11.3. The first-order chi connectivity index (χ1) is 6.81.